The fourth-order valence-electron chi connectivity index (χ4n) is 3.07. The van der Waals surface area contributed by atoms with Gasteiger partial charge in [-0.1, -0.05) is 41.6 Å². The lowest BCUT2D eigenvalue weighted by atomic mass is 10.2. The zero-order valence-corrected chi connectivity index (χ0v) is 19.1. The number of hydrogen-bond acceptors (Lipinski definition) is 7. The molecule has 12 heteroatoms. The fraction of sp³-hybridized carbons (Fsp3) is 0.100. The third-order valence-electron chi connectivity index (χ3n) is 4.52. The van der Waals surface area contributed by atoms with E-state index in [-0.39, 0.29) is 27.3 Å². The Morgan fingerprint density at radius 1 is 1.19 bits per heavy atom. The van der Waals surface area contributed by atoms with Crippen LogP contribution in [0, 0.1) is 6.92 Å². The summed E-state index contributed by atoms with van der Waals surface area (Å²) < 4.78 is 24.7. The Morgan fingerprint density at radius 3 is 2.72 bits per heavy atom. The van der Waals surface area contributed by atoms with Crippen LogP contribution in [0.2, 0.25) is 5.02 Å². The van der Waals surface area contributed by atoms with E-state index >= 15 is 0 Å². The Kier molecular flexibility index (Phi) is 6.15. The molecular formula is C20H17ClN6O3S2. The van der Waals surface area contributed by atoms with Crippen molar-refractivity contribution in [1.82, 2.24) is 19.7 Å². The van der Waals surface area contributed by atoms with Gasteiger partial charge in [0.05, 0.1) is 32.6 Å². The first-order chi connectivity index (χ1) is 15.2. The summed E-state index contributed by atoms with van der Waals surface area (Å²) in [6.07, 6.45) is 1.72. The molecule has 164 valence electrons. The first-order valence-corrected chi connectivity index (χ1v) is 12.2. The van der Waals surface area contributed by atoms with Gasteiger partial charge in [0.25, 0.3) is 0 Å². The molecule has 0 radical (unpaired) electrons. The molecule has 3 N–H and O–H groups in total. The number of halogens is 1. The molecule has 0 aliphatic heterocycles. The van der Waals surface area contributed by atoms with E-state index in [9.17, 15) is 13.2 Å². The number of para-hydroxylation sites is 1. The molecule has 0 bridgehead atoms. The summed E-state index contributed by atoms with van der Waals surface area (Å²) in [5.41, 5.74) is 1.89. The van der Waals surface area contributed by atoms with Gasteiger partial charge in [0.1, 0.15) is 5.82 Å². The highest BCUT2D eigenvalue weighted by Gasteiger charge is 2.17. The Balaban J connectivity index is 1.53. The van der Waals surface area contributed by atoms with Crippen molar-refractivity contribution in [2.45, 2.75) is 17.0 Å². The summed E-state index contributed by atoms with van der Waals surface area (Å²) in [6, 6.07) is 13.5. The van der Waals surface area contributed by atoms with Gasteiger partial charge in [-0.2, -0.15) is 0 Å². The number of amides is 1. The smallest absolute Gasteiger partial charge is 0.238 e. The van der Waals surface area contributed by atoms with Crippen molar-refractivity contribution in [3.05, 3.63) is 65.6 Å². The van der Waals surface area contributed by atoms with Crippen LogP contribution in [0.3, 0.4) is 0 Å². The molecule has 2 aromatic carbocycles. The van der Waals surface area contributed by atoms with Crippen LogP contribution in [0.1, 0.15) is 5.82 Å². The van der Waals surface area contributed by atoms with E-state index < -0.39 is 10.0 Å². The van der Waals surface area contributed by atoms with Gasteiger partial charge in [-0.05, 0) is 37.3 Å². The maximum absolute atomic E-state index is 12.5. The van der Waals surface area contributed by atoms with Crippen molar-refractivity contribution < 1.29 is 13.2 Å². The number of aromatic nitrogens is 4. The third kappa shape index (κ3) is 4.60. The average molecular weight is 489 g/mol. The molecule has 0 atom stereocenters. The number of aryl methyl sites for hydroxylation is 1. The average Bonchev–Trinajstić information content (AvgIpc) is 3.12. The number of sulfonamides is 1. The minimum atomic E-state index is -3.89. The van der Waals surface area contributed by atoms with E-state index in [1.54, 1.807) is 6.20 Å². The zero-order chi connectivity index (χ0) is 22.9. The van der Waals surface area contributed by atoms with Crippen molar-refractivity contribution in [2.24, 2.45) is 5.14 Å². The molecule has 0 saturated carbocycles. The molecule has 0 unspecified atom stereocenters. The molecule has 9 nitrogen and oxygen atoms in total. The lowest BCUT2D eigenvalue weighted by molar-refractivity contribution is -0.113. The number of thioether (sulfide) groups is 1. The molecule has 32 heavy (non-hydrogen) atoms. The largest absolute Gasteiger partial charge is 0.324 e. The summed E-state index contributed by atoms with van der Waals surface area (Å²) in [7, 11) is -3.89. The van der Waals surface area contributed by atoms with E-state index in [1.807, 2.05) is 41.8 Å². The maximum Gasteiger partial charge on any atom is 0.238 e. The minimum absolute atomic E-state index is 0.0313. The van der Waals surface area contributed by atoms with Crippen LogP contribution in [-0.2, 0) is 14.8 Å². The minimum Gasteiger partial charge on any atom is -0.324 e. The number of anilines is 1. The summed E-state index contributed by atoms with van der Waals surface area (Å²) >= 11 is 7.29. The predicted molar refractivity (Wildman–Crippen MR) is 124 cm³/mol. The fourth-order valence-corrected chi connectivity index (χ4v) is 4.70. The quantitative estimate of drug-likeness (QED) is 0.398. The van der Waals surface area contributed by atoms with Gasteiger partial charge >= 0.3 is 0 Å². The summed E-state index contributed by atoms with van der Waals surface area (Å²) in [5, 5.41) is 17.7. The number of primary sulfonamides is 1. The van der Waals surface area contributed by atoms with Gasteiger partial charge in [0.2, 0.25) is 15.9 Å². The van der Waals surface area contributed by atoms with Gasteiger partial charge in [-0.3, -0.25) is 14.3 Å². The first kappa shape index (κ1) is 22.2. The molecule has 4 rings (SSSR count). The van der Waals surface area contributed by atoms with Gasteiger partial charge in [-0.25, -0.2) is 13.6 Å². The van der Waals surface area contributed by atoms with E-state index in [0.717, 1.165) is 16.6 Å². The van der Waals surface area contributed by atoms with E-state index in [1.165, 1.54) is 30.0 Å². The van der Waals surface area contributed by atoms with Crippen LogP contribution in [0.5, 0.6) is 0 Å². The van der Waals surface area contributed by atoms with E-state index in [2.05, 4.69) is 20.5 Å². The number of nitrogens with zero attached hydrogens (tertiary/aromatic N) is 4. The standard InChI is InChI=1S/C20H17ClN6O3S2/c1-12-25-26-20(27(12)17-6-2-4-13-5-3-9-23-19(13)17)31-11-18(28)24-16-8-7-14(10-15(16)21)32(22,29)30/h2-10H,11H2,1H3,(H,24,28)(H2,22,29,30). The van der Waals surface area contributed by atoms with Crippen LogP contribution >= 0.6 is 23.4 Å². The normalized spacial score (nSPS) is 11.6. The van der Waals surface area contributed by atoms with Crippen LogP contribution in [0.4, 0.5) is 5.69 Å². The number of pyridine rings is 1. The van der Waals surface area contributed by atoms with Crippen LogP contribution in [0.25, 0.3) is 16.6 Å². The molecule has 0 saturated heterocycles. The summed E-state index contributed by atoms with van der Waals surface area (Å²) in [4.78, 5) is 16.8. The van der Waals surface area contributed by atoms with Crippen LogP contribution in [0.15, 0.2) is 64.8 Å². The highest BCUT2D eigenvalue weighted by molar-refractivity contribution is 7.99. The molecule has 0 aliphatic carbocycles. The first-order valence-electron chi connectivity index (χ1n) is 9.25. The van der Waals surface area contributed by atoms with Crippen LogP contribution < -0.4 is 10.5 Å². The van der Waals surface area contributed by atoms with Crippen molar-refractivity contribution in [3.63, 3.8) is 0 Å². The molecule has 0 aliphatic rings. The van der Waals surface area contributed by atoms with Gasteiger partial charge in [0, 0.05) is 11.6 Å². The summed E-state index contributed by atoms with van der Waals surface area (Å²) in [6.45, 7) is 1.83. The van der Waals surface area contributed by atoms with Gasteiger partial charge in [0.15, 0.2) is 5.16 Å². The Labute approximate surface area is 193 Å². The number of hydrogen-bond donors (Lipinski definition) is 2. The number of carbonyl (C=O) groups excluding carboxylic acids is 1. The predicted octanol–water partition coefficient (Wildman–Crippen LogP) is 3.16. The molecule has 4 aromatic rings. The molecule has 1 amide bonds. The second-order valence-corrected chi connectivity index (χ2v) is 9.65. The van der Waals surface area contributed by atoms with Crippen molar-refractivity contribution in [1.29, 1.82) is 0 Å². The highest BCUT2D eigenvalue weighted by Crippen LogP contribution is 2.28. The maximum atomic E-state index is 12.5. The number of carbonyl (C=O) groups is 1. The second kappa shape index (κ2) is 8.87. The van der Waals surface area contributed by atoms with Crippen LogP contribution in [-0.4, -0.2) is 39.8 Å². The topological polar surface area (TPSA) is 133 Å². The zero-order valence-electron chi connectivity index (χ0n) is 16.7. The van der Waals surface area contributed by atoms with E-state index in [0.29, 0.717) is 11.0 Å². The van der Waals surface area contributed by atoms with Gasteiger partial charge < -0.3 is 5.32 Å². The van der Waals surface area contributed by atoms with Gasteiger partial charge in [-0.15, -0.1) is 10.2 Å². The van der Waals surface area contributed by atoms with Crippen molar-refractivity contribution >= 4 is 55.9 Å². The SMILES string of the molecule is Cc1nnc(SCC(=O)Nc2ccc(S(N)(=O)=O)cc2Cl)n1-c1cccc2cccnc12. The molecule has 2 aromatic heterocycles. The molecule has 2 heterocycles. The monoisotopic (exact) mass is 488 g/mol. The van der Waals surface area contributed by atoms with Crippen molar-refractivity contribution in [2.75, 3.05) is 11.1 Å². The number of fused-ring (bicyclic) bond motifs is 1. The number of nitrogens with one attached hydrogen (secondary N) is 1. The van der Waals surface area contributed by atoms with E-state index in [4.69, 9.17) is 16.7 Å². The lowest BCUT2D eigenvalue weighted by Crippen LogP contribution is -2.16. The lowest BCUT2D eigenvalue weighted by Gasteiger charge is -2.11. The number of nitrogens with two attached hydrogens (primary N) is 1. The Morgan fingerprint density at radius 2 is 1.97 bits per heavy atom. The van der Waals surface area contributed by atoms with Crippen molar-refractivity contribution in [3.8, 4) is 5.69 Å². The number of rotatable bonds is 6. The molecule has 0 fully saturated rings. The Hall–Kier alpha value is -2.99. The molecule has 0 spiro atoms. The molecular weight excluding hydrogens is 472 g/mol. The summed E-state index contributed by atoms with van der Waals surface area (Å²) in [5.74, 6) is 0.347. The third-order valence-corrected chi connectivity index (χ3v) is 6.68. The second-order valence-electron chi connectivity index (χ2n) is 6.74. The number of benzene rings is 2. The Bertz CT molecular complexity index is 1430. The highest BCUT2D eigenvalue weighted by atomic mass is 35.5.